The van der Waals surface area contributed by atoms with Gasteiger partial charge in [-0.2, -0.15) is 0 Å². The van der Waals surface area contributed by atoms with E-state index in [-0.39, 0.29) is 6.04 Å². The summed E-state index contributed by atoms with van der Waals surface area (Å²) in [5.41, 5.74) is 7.30. The Labute approximate surface area is 124 Å². The van der Waals surface area contributed by atoms with Gasteiger partial charge in [0.15, 0.2) is 0 Å². The fraction of sp³-hybridized carbons (Fsp3) is 0.625. The predicted octanol–water partition coefficient (Wildman–Crippen LogP) is 4.44. The highest BCUT2D eigenvalue weighted by molar-refractivity contribution is 9.10. The molecule has 1 aliphatic rings. The molecule has 1 aliphatic carbocycles. The molecule has 0 saturated heterocycles. The second-order valence-corrected chi connectivity index (χ2v) is 6.36. The lowest BCUT2D eigenvalue weighted by molar-refractivity contribution is 0.155. The quantitative estimate of drug-likeness (QED) is 0.868. The molecule has 1 fully saturated rings. The molecule has 1 unspecified atom stereocenters. The number of benzene rings is 1. The first-order chi connectivity index (χ1) is 9.19. The first kappa shape index (κ1) is 14.9. The molecule has 2 nitrogen and oxygen atoms in total. The van der Waals surface area contributed by atoms with Crippen molar-refractivity contribution in [2.45, 2.75) is 64.0 Å². The molecule has 1 aromatic rings. The summed E-state index contributed by atoms with van der Waals surface area (Å²) in [6.45, 7) is 2.13. The van der Waals surface area contributed by atoms with Crippen molar-refractivity contribution in [1.82, 2.24) is 0 Å². The van der Waals surface area contributed by atoms with E-state index in [4.69, 9.17) is 10.5 Å². The van der Waals surface area contributed by atoms with Crippen LogP contribution in [-0.4, -0.2) is 12.1 Å². The van der Waals surface area contributed by atoms with Crippen LogP contribution < -0.4 is 10.5 Å². The Morgan fingerprint density at radius 1 is 1.32 bits per heavy atom. The Kier molecular flexibility index (Phi) is 5.71. The molecule has 1 aromatic carbocycles. The van der Waals surface area contributed by atoms with E-state index < -0.39 is 0 Å². The van der Waals surface area contributed by atoms with Crippen LogP contribution in [0.15, 0.2) is 22.7 Å². The zero-order valence-electron chi connectivity index (χ0n) is 11.7. The molecular formula is C16H24BrNO. The van der Waals surface area contributed by atoms with Gasteiger partial charge in [-0.1, -0.05) is 29.3 Å². The van der Waals surface area contributed by atoms with E-state index in [0.717, 1.165) is 23.1 Å². The Hall–Kier alpha value is -0.540. The van der Waals surface area contributed by atoms with Gasteiger partial charge in [-0.3, -0.25) is 0 Å². The summed E-state index contributed by atoms with van der Waals surface area (Å²) < 4.78 is 7.24. The standard InChI is InChI=1S/C16H24BrNO/c1-2-13(18)10-12-11-15(8-9-16(12)17)19-14-6-4-3-5-7-14/h8-9,11,13-14H,2-7,10,18H2,1H3. The van der Waals surface area contributed by atoms with Crippen LogP contribution in [0.25, 0.3) is 0 Å². The first-order valence-electron chi connectivity index (χ1n) is 7.39. The van der Waals surface area contributed by atoms with E-state index in [0.29, 0.717) is 6.10 Å². The highest BCUT2D eigenvalue weighted by Gasteiger charge is 2.15. The summed E-state index contributed by atoms with van der Waals surface area (Å²) in [5, 5.41) is 0. The van der Waals surface area contributed by atoms with Crippen molar-refractivity contribution in [3.8, 4) is 5.75 Å². The van der Waals surface area contributed by atoms with Crippen LogP contribution in [0, 0.1) is 0 Å². The lowest BCUT2D eigenvalue weighted by Crippen LogP contribution is -2.22. The fourth-order valence-electron chi connectivity index (χ4n) is 2.58. The van der Waals surface area contributed by atoms with Crippen LogP contribution in [0.3, 0.4) is 0 Å². The molecule has 2 rings (SSSR count). The summed E-state index contributed by atoms with van der Waals surface area (Å²) in [6, 6.07) is 6.50. The molecule has 106 valence electrons. The van der Waals surface area contributed by atoms with E-state index >= 15 is 0 Å². The van der Waals surface area contributed by atoms with Crippen molar-refractivity contribution in [2.75, 3.05) is 0 Å². The Morgan fingerprint density at radius 3 is 2.74 bits per heavy atom. The molecule has 0 amide bonds. The maximum Gasteiger partial charge on any atom is 0.120 e. The van der Waals surface area contributed by atoms with Gasteiger partial charge in [0.2, 0.25) is 0 Å². The lowest BCUT2D eigenvalue weighted by Gasteiger charge is -2.23. The van der Waals surface area contributed by atoms with Crippen LogP contribution >= 0.6 is 15.9 Å². The monoisotopic (exact) mass is 325 g/mol. The zero-order chi connectivity index (χ0) is 13.7. The topological polar surface area (TPSA) is 35.2 Å². The molecule has 1 atom stereocenters. The molecular weight excluding hydrogens is 302 g/mol. The number of halogens is 1. The van der Waals surface area contributed by atoms with Gasteiger partial charge < -0.3 is 10.5 Å². The van der Waals surface area contributed by atoms with Crippen LogP contribution in [0.5, 0.6) is 5.75 Å². The summed E-state index contributed by atoms with van der Waals surface area (Å²) in [4.78, 5) is 0. The second kappa shape index (κ2) is 7.30. The third-order valence-electron chi connectivity index (χ3n) is 3.88. The highest BCUT2D eigenvalue weighted by atomic mass is 79.9. The maximum atomic E-state index is 6.10. The number of nitrogens with two attached hydrogens (primary N) is 1. The molecule has 1 saturated carbocycles. The third-order valence-corrected chi connectivity index (χ3v) is 4.65. The van der Waals surface area contributed by atoms with Gasteiger partial charge in [-0.25, -0.2) is 0 Å². The average Bonchev–Trinajstić information content (AvgIpc) is 2.43. The molecule has 19 heavy (non-hydrogen) atoms. The van der Waals surface area contributed by atoms with E-state index in [9.17, 15) is 0 Å². The highest BCUT2D eigenvalue weighted by Crippen LogP contribution is 2.27. The van der Waals surface area contributed by atoms with Gasteiger partial charge in [0.25, 0.3) is 0 Å². The second-order valence-electron chi connectivity index (χ2n) is 5.50. The minimum Gasteiger partial charge on any atom is -0.490 e. The SMILES string of the molecule is CCC(N)Cc1cc(OC2CCCCC2)ccc1Br. The van der Waals surface area contributed by atoms with Crippen molar-refractivity contribution in [3.05, 3.63) is 28.2 Å². The van der Waals surface area contributed by atoms with Crippen molar-refractivity contribution < 1.29 is 4.74 Å². The van der Waals surface area contributed by atoms with Gasteiger partial charge in [0.1, 0.15) is 5.75 Å². The summed E-state index contributed by atoms with van der Waals surface area (Å²) in [5.74, 6) is 0.994. The molecule has 0 bridgehead atoms. The van der Waals surface area contributed by atoms with Crippen molar-refractivity contribution in [2.24, 2.45) is 5.73 Å². The largest absolute Gasteiger partial charge is 0.490 e. The predicted molar refractivity (Wildman–Crippen MR) is 83.6 cm³/mol. The molecule has 0 spiro atoms. The number of hydrogen-bond donors (Lipinski definition) is 1. The normalized spacial score (nSPS) is 18.3. The molecule has 0 radical (unpaired) electrons. The van der Waals surface area contributed by atoms with Crippen LogP contribution in [-0.2, 0) is 6.42 Å². The van der Waals surface area contributed by atoms with Gasteiger partial charge in [-0.05, 0) is 62.3 Å². The molecule has 0 aromatic heterocycles. The summed E-state index contributed by atoms with van der Waals surface area (Å²) in [7, 11) is 0. The minimum atomic E-state index is 0.223. The minimum absolute atomic E-state index is 0.223. The van der Waals surface area contributed by atoms with E-state index in [1.165, 1.54) is 37.7 Å². The van der Waals surface area contributed by atoms with Crippen LogP contribution in [0.2, 0.25) is 0 Å². The van der Waals surface area contributed by atoms with Crippen molar-refractivity contribution >= 4 is 15.9 Å². The van der Waals surface area contributed by atoms with E-state index in [1.54, 1.807) is 0 Å². The van der Waals surface area contributed by atoms with Crippen LogP contribution in [0.4, 0.5) is 0 Å². The number of hydrogen-bond acceptors (Lipinski definition) is 2. The molecule has 2 N–H and O–H groups in total. The van der Waals surface area contributed by atoms with E-state index in [2.05, 4.69) is 41.1 Å². The van der Waals surface area contributed by atoms with E-state index in [1.807, 2.05) is 0 Å². The first-order valence-corrected chi connectivity index (χ1v) is 8.19. The van der Waals surface area contributed by atoms with Crippen molar-refractivity contribution in [3.63, 3.8) is 0 Å². The smallest absolute Gasteiger partial charge is 0.120 e. The van der Waals surface area contributed by atoms with Crippen molar-refractivity contribution in [1.29, 1.82) is 0 Å². The Bertz CT molecular complexity index is 402. The van der Waals surface area contributed by atoms with Gasteiger partial charge >= 0.3 is 0 Å². The fourth-order valence-corrected chi connectivity index (χ4v) is 2.99. The van der Waals surface area contributed by atoms with Gasteiger partial charge in [-0.15, -0.1) is 0 Å². The Balaban J connectivity index is 2.02. The molecule has 3 heteroatoms. The number of ether oxygens (including phenoxy) is 1. The maximum absolute atomic E-state index is 6.10. The number of rotatable bonds is 5. The molecule has 0 heterocycles. The summed E-state index contributed by atoms with van der Waals surface area (Å²) >= 11 is 3.60. The van der Waals surface area contributed by atoms with Gasteiger partial charge in [0.05, 0.1) is 6.10 Å². The average molecular weight is 326 g/mol. The lowest BCUT2D eigenvalue weighted by atomic mass is 9.97. The summed E-state index contributed by atoms with van der Waals surface area (Å²) in [6.07, 6.45) is 8.65. The third kappa shape index (κ3) is 4.50. The van der Waals surface area contributed by atoms with Crippen LogP contribution in [0.1, 0.15) is 51.0 Å². The Morgan fingerprint density at radius 2 is 2.05 bits per heavy atom. The molecule has 0 aliphatic heterocycles. The zero-order valence-corrected chi connectivity index (χ0v) is 13.3. The van der Waals surface area contributed by atoms with Gasteiger partial charge in [0, 0.05) is 10.5 Å².